The molecule has 2 rings (SSSR count). The van der Waals surface area contributed by atoms with Gasteiger partial charge in [0.15, 0.2) is 0 Å². The van der Waals surface area contributed by atoms with Crippen LogP contribution < -0.4 is 5.32 Å². The number of carbonyl (C=O) groups excluding carboxylic acids is 1. The van der Waals surface area contributed by atoms with Gasteiger partial charge in [-0.05, 0) is 67.1 Å². The van der Waals surface area contributed by atoms with Gasteiger partial charge in [-0.3, -0.25) is 4.79 Å². The number of nitrogens with one attached hydrogen (secondary N) is 1. The summed E-state index contributed by atoms with van der Waals surface area (Å²) in [5, 5.41) is 3.26. The van der Waals surface area contributed by atoms with Gasteiger partial charge in [0.25, 0.3) is 5.91 Å². The Kier molecular flexibility index (Phi) is 8.04. The summed E-state index contributed by atoms with van der Waals surface area (Å²) in [7, 11) is 4.10. The van der Waals surface area contributed by atoms with Crippen molar-refractivity contribution >= 4 is 5.91 Å². The highest BCUT2D eigenvalue weighted by molar-refractivity contribution is 5.95. The Balaban J connectivity index is 2.20. The van der Waals surface area contributed by atoms with E-state index in [1.807, 2.05) is 32.3 Å². The van der Waals surface area contributed by atoms with Gasteiger partial charge in [-0.2, -0.15) is 0 Å². The largest absolute Gasteiger partial charge is 0.348 e. The number of likely N-dealkylation sites (N-methyl/N-ethyl adjacent to an activating group) is 1. The number of rotatable bonds is 8. The van der Waals surface area contributed by atoms with Crippen molar-refractivity contribution < 1.29 is 4.79 Å². The molecule has 1 unspecified atom stereocenters. The zero-order chi connectivity index (χ0) is 21.6. The Labute approximate surface area is 177 Å². The van der Waals surface area contributed by atoms with Gasteiger partial charge >= 0.3 is 0 Å². The van der Waals surface area contributed by atoms with Gasteiger partial charge in [0.2, 0.25) is 0 Å². The molecular weight excluding hydrogens is 356 g/mol. The molecule has 0 saturated carbocycles. The maximum atomic E-state index is 13.0. The molecule has 0 radical (unpaired) electrons. The number of amides is 1. The van der Waals surface area contributed by atoms with Gasteiger partial charge < -0.3 is 10.2 Å². The Morgan fingerprint density at radius 2 is 1.62 bits per heavy atom. The van der Waals surface area contributed by atoms with Crippen molar-refractivity contribution in [1.82, 2.24) is 10.2 Å². The maximum absolute atomic E-state index is 13.0. The predicted octanol–water partition coefficient (Wildman–Crippen LogP) is 5.65. The van der Waals surface area contributed by atoms with Gasteiger partial charge in [-0.25, -0.2) is 0 Å². The molecule has 0 aliphatic heterocycles. The highest BCUT2D eigenvalue weighted by Gasteiger charge is 2.21. The van der Waals surface area contributed by atoms with Crippen LogP contribution >= 0.6 is 0 Å². The Morgan fingerprint density at radius 1 is 1.00 bits per heavy atom. The van der Waals surface area contributed by atoms with Gasteiger partial charge in [0.05, 0.1) is 0 Å². The third-order valence-corrected chi connectivity index (χ3v) is 4.81. The van der Waals surface area contributed by atoms with Crippen molar-refractivity contribution in [2.75, 3.05) is 20.6 Å². The Bertz CT molecular complexity index is 802. The summed E-state index contributed by atoms with van der Waals surface area (Å²) in [4.78, 5) is 15.1. The minimum atomic E-state index is 0.00119. The lowest BCUT2D eigenvalue weighted by atomic mass is 9.87. The molecule has 0 aliphatic rings. The van der Waals surface area contributed by atoms with Gasteiger partial charge in [-0.1, -0.05) is 71.0 Å². The van der Waals surface area contributed by atoms with Crippen molar-refractivity contribution in [2.45, 2.75) is 53.5 Å². The molecule has 0 fully saturated rings. The van der Waals surface area contributed by atoms with Crippen molar-refractivity contribution in [2.24, 2.45) is 11.3 Å². The molecule has 0 bridgehead atoms. The fourth-order valence-electron chi connectivity index (χ4n) is 3.80. The highest BCUT2D eigenvalue weighted by Crippen LogP contribution is 2.24. The summed E-state index contributed by atoms with van der Waals surface area (Å²) in [6, 6.07) is 16.7. The molecule has 1 atom stereocenters. The van der Waals surface area contributed by atoms with Crippen LogP contribution in [0.2, 0.25) is 0 Å². The van der Waals surface area contributed by atoms with E-state index >= 15 is 0 Å². The standard InChI is InChI=1S/C26H38N2O/c1-19(2)14-20-10-8-11-21(15-20)22-12-9-13-23(16-22)25(29)27-24(18-28(6)7)17-26(3,4)5/h8-13,15-16,19,24H,14,17-18H2,1-7H3,(H,27,29). The van der Waals surface area contributed by atoms with E-state index in [9.17, 15) is 4.79 Å². The van der Waals surface area contributed by atoms with E-state index in [2.05, 4.69) is 75.2 Å². The van der Waals surface area contributed by atoms with Crippen LogP contribution in [0.15, 0.2) is 48.5 Å². The Morgan fingerprint density at radius 3 is 2.21 bits per heavy atom. The zero-order valence-electron chi connectivity index (χ0n) is 19.3. The van der Waals surface area contributed by atoms with Crippen LogP contribution in [0.5, 0.6) is 0 Å². The van der Waals surface area contributed by atoms with Crippen LogP contribution in [0.3, 0.4) is 0 Å². The molecular formula is C26H38N2O. The molecule has 0 aromatic heterocycles. The third kappa shape index (κ3) is 8.02. The summed E-state index contributed by atoms with van der Waals surface area (Å²) in [6.07, 6.45) is 2.00. The first-order valence-corrected chi connectivity index (χ1v) is 10.7. The predicted molar refractivity (Wildman–Crippen MR) is 124 cm³/mol. The number of hydrogen-bond donors (Lipinski definition) is 1. The highest BCUT2D eigenvalue weighted by atomic mass is 16.1. The molecule has 2 aromatic carbocycles. The second kappa shape index (κ2) is 10.1. The van der Waals surface area contributed by atoms with Crippen molar-refractivity contribution in [3.8, 4) is 11.1 Å². The lowest BCUT2D eigenvalue weighted by Crippen LogP contribution is -2.43. The molecule has 1 amide bonds. The average Bonchev–Trinajstić information content (AvgIpc) is 2.59. The molecule has 0 spiro atoms. The average molecular weight is 395 g/mol. The number of benzene rings is 2. The van der Waals surface area contributed by atoms with Crippen molar-refractivity contribution in [1.29, 1.82) is 0 Å². The van der Waals surface area contributed by atoms with Crippen LogP contribution in [0.25, 0.3) is 11.1 Å². The summed E-state index contributed by atoms with van der Waals surface area (Å²) in [5.41, 5.74) is 4.46. The molecule has 0 aliphatic carbocycles. The molecule has 2 aromatic rings. The topological polar surface area (TPSA) is 32.3 Å². The summed E-state index contributed by atoms with van der Waals surface area (Å²) < 4.78 is 0. The molecule has 1 N–H and O–H groups in total. The first kappa shape index (κ1) is 23.2. The van der Waals surface area contributed by atoms with Gasteiger partial charge in [0.1, 0.15) is 0 Å². The third-order valence-electron chi connectivity index (χ3n) is 4.81. The zero-order valence-corrected chi connectivity index (χ0v) is 19.3. The molecule has 0 heterocycles. The lowest BCUT2D eigenvalue weighted by Gasteiger charge is -2.29. The summed E-state index contributed by atoms with van der Waals surface area (Å²) in [6.45, 7) is 11.9. The smallest absolute Gasteiger partial charge is 0.251 e. The quantitative estimate of drug-likeness (QED) is 0.627. The Hall–Kier alpha value is -2.13. The first-order chi connectivity index (χ1) is 13.5. The fraction of sp³-hybridized carbons (Fsp3) is 0.500. The van der Waals surface area contributed by atoms with Crippen LogP contribution in [-0.4, -0.2) is 37.5 Å². The lowest BCUT2D eigenvalue weighted by molar-refractivity contribution is 0.0917. The van der Waals surface area contributed by atoms with Crippen molar-refractivity contribution in [3.63, 3.8) is 0 Å². The first-order valence-electron chi connectivity index (χ1n) is 10.7. The van der Waals surface area contributed by atoms with Gasteiger partial charge in [-0.15, -0.1) is 0 Å². The van der Waals surface area contributed by atoms with E-state index in [-0.39, 0.29) is 17.4 Å². The summed E-state index contributed by atoms with van der Waals surface area (Å²) >= 11 is 0. The minimum Gasteiger partial charge on any atom is -0.348 e. The van der Waals surface area contributed by atoms with Gasteiger partial charge in [0, 0.05) is 18.2 Å². The SMILES string of the molecule is CC(C)Cc1cccc(-c2cccc(C(=O)NC(CN(C)C)CC(C)(C)C)c2)c1. The van der Waals surface area contributed by atoms with E-state index in [0.717, 1.165) is 36.1 Å². The molecule has 0 saturated heterocycles. The second-order valence-electron chi connectivity index (χ2n) is 10.1. The summed E-state index contributed by atoms with van der Waals surface area (Å²) in [5.74, 6) is 0.625. The number of carbonyl (C=O) groups is 1. The van der Waals surface area contributed by atoms with Crippen LogP contribution in [0.4, 0.5) is 0 Å². The fourth-order valence-corrected chi connectivity index (χ4v) is 3.80. The van der Waals surface area contributed by atoms with Crippen molar-refractivity contribution in [3.05, 3.63) is 59.7 Å². The molecule has 3 nitrogen and oxygen atoms in total. The molecule has 29 heavy (non-hydrogen) atoms. The minimum absolute atomic E-state index is 0.00119. The normalized spacial score (nSPS) is 13.0. The number of hydrogen-bond acceptors (Lipinski definition) is 2. The van der Waals surface area contributed by atoms with Crippen LogP contribution in [0, 0.1) is 11.3 Å². The monoisotopic (exact) mass is 394 g/mol. The van der Waals surface area contributed by atoms with E-state index in [1.54, 1.807) is 0 Å². The molecule has 158 valence electrons. The van der Waals surface area contributed by atoms with Crippen LogP contribution in [-0.2, 0) is 6.42 Å². The maximum Gasteiger partial charge on any atom is 0.251 e. The van der Waals surface area contributed by atoms with Crippen LogP contribution in [0.1, 0.15) is 57.0 Å². The van der Waals surface area contributed by atoms with E-state index in [0.29, 0.717) is 5.92 Å². The number of nitrogens with zero attached hydrogens (tertiary/aromatic N) is 1. The second-order valence-corrected chi connectivity index (χ2v) is 10.1. The van der Waals surface area contributed by atoms with E-state index in [4.69, 9.17) is 0 Å². The van der Waals surface area contributed by atoms with E-state index in [1.165, 1.54) is 5.56 Å². The van der Waals surface area contributed by atoms with E-state index < -0.39 is 0 Å². The molecule has 3 heteroatoms.